The van der Waals surface area contributed by atoms with E-state index >= 15 is 0 Å². The maximum atomic E-state index is 3.56. The van der Waals surface area contributed by atoms with E-state index < -0.39 is 0 Å². The van der Waals surface area contributed by atoms with E-state index in [9.17, 15) is 0 Å². The third kappa shape index (κ3) is 5.09. The zero-order valence-corrected chi connectivity index (χ0v) is 12.5. The van der Waals surface area contributed by atoms with Crippen LogP contribution in [0.4, 0.5) is 0 Å². The van der Waals surface area contributed by atoms with E-state index in [1.54, 1.807) is 0 Å². The Morgan fingerprint density at radius 3 is 2.78 bits per heavy atom. The van der Waals surface area contributed by atoms with Crippen molar-refractivity contribution in [1.29, 1.82) is 0 Å². The van der Waals surface area contributed by atoms with Gasteiger partial charge < -0.3 is 10.6 Å². The monoisotopic (exact) mass is 310 g/mol. The zero-order chi connectivity index (χ0) is 12.6. The van der Waals surface area contributed by atoms with Gasteiger partial charge in [0.1, 0.15) is 0 Å². The molecule has 18 heavy (non-hydrogen) atoms. The molecular formula is C15H23BrN2. The van der Waals surface area contributed by atoms with Crippen molar-refractivity contribution in [2.75, 3.05) is 26.2 Å². The molecule has 0 radical (unpaired) electrons. The molecule has 2 N–H and O–H groups in total. The summed E-state index contributed by atoms with van der Waals surface area (Å²) in [4.78, 5) is 0. The van der Waals surface area contributed by atoms with Gasteiger partial charge in [-0.25, -0.2) is 0 Å². The van der Waals surface area contributed by atoms with Gasteiger partial charge >= 0.3 is 0 Å². The van der Waals surface area contributed by atoms with Crippen LogP contribution in [0.2, 0.25) is 0 Å². The van der Waals surface area contributed by atoms with Gasteiger partial charge in [-0.05, 0) is 75.5 Å². The van der Waals surface area contributed by atoms with Crippen molar-refractivity contribution < 1.29 is 0 Å². The Kier molecular flexibility index (Phi) is 6.18. The van der Waals surface area contributed by atoms with Crippen molar-refractivity contribution >= 4 is 15.9 Å². The van der Waals surface area contributed by atoms with Crippen molar-refractivity contribution in [3.8, 4) is 0 Å². The average Bonchev–Trinajstić information content (AvgIpc) is 2.42. The third-order valence-electron chi connectivity index (χ3n) is 3.63. The summed E-state index contributed by atoms with van der Waals surface area (Å²) in [6, 6.07) is 8.61. The highest BCUT2D eigenvalue weighted by atomic mass is 79.9. The number of hydrogen-bond donors (Lipinski definition) is 2. The van der Waals surface area contributed by atoms with Crippen LogP contribution >= 0.6 is 15.9 Å². The van der Waals surface area contributed by atoms with Crippen LogP contribution in [0.5, 0.6) is 0 Å². The smallest absolute Gasteiger partial charge is 0.0175 e. The number of nitrogens with one attached hydrogen (secondary N) is 2. The Hall–Kier alpha value is -0.380. The number of hydrogen-bond acceptors (Lipinski definition) is 2. The standard InChI is InChI=1S/C15H23BrN2/c16-15-5-3-13(4-6-15)7-10-17-11-8-14-2-1-9-18-12-14/h3-6,14,17-18H,1-2,7-12H2. The molecule has 1 fully saturated rings. The summed E-state index contributed by atoms with van der Waals surface area (Å²) in [5.41, 5.74) is 1.41. The van der Waals surface area contributed by atoms with E-state index in [0.29, 0.717) is 0 Å². The minimum Gasteiger partial charge on any atom is -0.316 e. The Morgan fingerprint density at radius 1 is 1.22 bits per heavy atom. The molecule has 0 bridgehead atoms. The van der Waals surface area contributed by atoms with Gasteiger partial charge in [0, 0.05) is 4.47 Å². The number of rotatable bonds is 6. The van der Waals surface area contributed by atoms with Crippen LogP contribution < -0.4 is 10.6 Å². The van der Waals surface area contributed by atoms with Crippen molar-refractivity contribution in [3.05, 3.63) is 34.3 Å². The average molecular weight is 311 g/mol. The van der Waals surface area contributed by atoms with E-state index in [0.717, 1.165) is 29.9 Å². The van der Waals surface area contributed by atoms with Gasteiger partial charge in [-0.15, -0.1) is 0 Å². The van der Waals surface area contributed by atoms with Crippen molar-refractivity contribution in [3.63, 3.8) is 0 Å². The van der Waals surface area contributed by atoms with E-state index in [1.165, 1.54) is 37.9 Å². The molecule has 2 rings (SSSR count). The third-order valence-corrected chi connectivity index (χ3v) is 4.16. The Morgan fingerprint density at radius 2 is 2.06 bits per heavy atom. The van der Waals surface area contributed by atoms with Crippen LogP contribution in [0.15, 0.2) is 28.7 Å². The Labute approximate surface area is 119 Å². The second-order valence-corrected chi connectivity index (χ2v) is 6.04. The van der Waals surface area contributed by atoms with Gasteiger partial charge in [0.2, 0.25) is 0 Å². The fourth-order valence-electron chi connectivity index (χ4n) is 2.49. The summed E-state index contributed by atoms with van der Waals surface area (Å²) in [5.74, 6) is 0.888. The number of halogens is 1. The van der Waals surface area contributed by atoms with Gasteiger partial charge in [-0.1, -0.05) is 28.1 Å². The maximum absolute atomic E-state index is 3.56. The van der Waals surface area contributed by atoms with Crippen LogP contribution in [-0.4, -0.2) is 26.2 Å². The quantitative estimate of drug-likeness (QED) is 0.789. The van der Waals surface area contributed by atoms with Gasteiger partial charge in [-0.2, -0.15) is 0 Å². The van der Waals surface area contributed by atoms with Crippen molar-refractivity contribution in [1.82, 2.24) is 10.6 Å². The lowest BCUT2D eigenvalue weighted by Crippen LogP contribution is -2.32. The van der Waals surface area contributed by atoms with Gasteiger partial charge in [0.25, 0.3) is 0 Å². The second kappa shape index (κ2) is 7.93. The van der Waals surface area contributed by atoms with Crippen LogP contribution in [-0.2, 0) is 6.42 Å². The molecule has 1 atom stereocenters. The van der Waals surface area contributed by atoms with Gasteiger partial charge in [0.15, 0.2) is 0 Å². The SMILES string of the molecule is Brc1ccc(CCNCCC2CCCNC2)cc1. The molecular weight excluding hydrogens is 288 g/mol. The Balaban J connectivity index is 1.54. The molecule has 1 aliphatic heterocycles. The first-order chi connectivity index (χ1) is 8.84. The van der Waals surface area contributed by atoms with E-state index in [4.69, 9.17) is 0 Å². The summed E-state index contributed by atoms with van der Waals surface area (Å²) >= 11 is 3.46. The second-order valence-electron chi connectivity index (χ2n) is 5.13. The lowest BCUT2D eigenvalue weighted by molar-refractivity contribution is 0.352. The molecule has 1 aliphatic rings. The lowest BCUT2D eigenvalue weighted by atomic mass is 9.96. The van der Waals surface area contributed by atoms with E-state index in [1.807, 2.05) is 0 Å². The first-order valence-electron chi connectivity index (χ1n) is 7.00. The molecule has 0 aliphatic carbocycles. The van der Waals surface area contributed by atoms with E-state index in [2.05, 4.69) is 50.8 Å². The predicted octanol–water partition coefficient (Wildman–Crippen LogP) is 2.97. The predicted molar refractivity (Wildman–Crippen MR) is 80.9 cm³/mol. The van der Waals surface area contributed by atoms with Crippen LogP contribution in [0, 0.1) is 5.92 Å². The summed E-state index contributed by atoms with van der Waals surface area (Å²) in [5, 5.41) is 7.03. The Bertz CT molecular complexity index is 331. The number of benzene rings is 1. The summed E-state index contributed by atoms with van der Waals surface area (Å²) < 4.78 is 1.16. The lowest BCUT2D eigenvalue weighted by Gasteiger charge is -2.22. The zero-order valence-electron chi connectivity index (χ0n) is 10.9. The normalized spacial score (nSPS) is 19.9. The number of piperidine rings is 1. The molecule has 0 amide bonds. The van der Waals surface area contributed by atoms with E-state index in [-0.39, 0.29) is 0 Å². The van der Waals surface area contributed by atoms with Gasteiger partial charge in [-0.3, -0.25) is 0 Å². The molecule has 2 nitrogen and oxygen atoms in total. The fourth-order valence-corrected chi connectivity index (χ4v) is 2.75. The maximum Gasteiger partial charge on any atom is 0.0175 e. The molecule has 1 aromatic carbocycles. The van der Waals surface area contributed by atoms with Crippen LogP contribution in [0.25, 0.3) is 0 Å². The highest BCUT2D eigenvalue weighted by molar-refractivity contribution is 9.10. The minimum atomic E-state index is 0.888. The first-order valence-corrected chi connectivity index (χ1v) is 7.80. The molecule has 1 unspecified atom stereocenters. The molecule has 0 spiro atoms. The summed E-state index contributed by atoms with van der Waals surface area (Å²) in [7, 11) is 0. The van der Waals surface area contributed by atoms with Crippen LogP contribution in [0.3, 0.4) is 0 Å². The first kappa shape index (κ1) is 14.0. The minimum absolute atomic E-state index is 0.888. The summed E-state index contributed by atoms with van der Waals surface area (Å²) in [6.45, 7) is 4.67. The molecule has 0 aromatic heterocycles. The van der Waals surface area contributed by atoms with Gasteiger partial charge in [0.05, 0.1) is 0 Å². The highest BCUT2D eigenvalue weighted by Crippen LogP contribution is 2.13. The molecule has 1 aromatic rings. The largest absolute Gasteiger partial charge is 0.316 e. The molecule has 0 saturated carbocycles. The fraction of sp³-hybridized carbons (Fsp3) is 0.600. The van der Waals surface area contributed by atoms with Crippen molar-refractivity contribution in [2.45, 2.75) is 25.7 Å². The molecule has 100 valence electrons. The van der Waals surface area contributed by atoms with Crippen molar-refractivity contribution in [2.24, 2.45) is 5.92 Å². The summed E-state index contributed by atoms with van der Waals surface area (Å²) in [6.07, 6.45) is 5.19. The topological polar surface area (TPSA) is 24.1 Å². The molecule has 1 heterocycles. The highest BCUT2D eigenvalue weighted by Gasteiger charge is 2.11. The molecule has 3 heteroatoms. The van der Waals surface area contributed by atoms with Crippen LogP contribution in [0.1, 0.15) is 24.8 Å². The molecule has 1 saturated heterocycles.